The van der Waals surface area contributed by atoms with Crippen LogP contribution in [0.3, 0.4) is 0 Å². The van der Waals surface area contributed by atoms with Crippen molar-refractivity contribution in [1.82, 2.24) is 4.98 Å². The van der Waals surface area contributed by atoms with Crippen molar-refractivity contribution >= 4 is 81.7 Å². The number of oxazole rings is 1. The van der Waals surface area contributed by atoms with E-state index in [4.69, 9.17) is 13.8 Å². The molecule has 2 aromatic heterocycles. The summed E-state index contributed by atoms with van der Waals surface area (Å²) < 4.78 is 13.4. The summed E-state index contributed by atoms with van der Waals surface area (Å²) in [5.74, 6) is 0.605. The molecule has 5 heteroatoms. The van der Waals surface area contributed by atoms with E-state index in [1.54, 1.807) is 0 Å². The van der Waals surface area contributed by atoms with Crippen molar-refractivity contribution in [1.29, 1.82) is 0 Å². The van der Waals surface area contributed by atoms with Crippen LogP contribution in [-0.2, 0) is 0 Å². The molecule has 0 saturated heterocycles. The molecule has 322 valence electrons. The van der Waals surface area contributed by atoms with E-state index >= 15 is 0 Å². The number of anilines is 3. The van der Waals surface area contributed by atoms with E-state index in [1.165, 1.54) is 30.7 Å². The van der Waals surface area contributed by atoms with Crippen molar-refractivity contribution in [3.05, 3.63) is 255 Å². The van der Waals surface area contributed by atoms with Gasteiger partial charge in [0.25, 0.3) is 0 Å². The van der Waals surface area contributed by atoms with Gasteiger partial charge in [-0.05, 0) is 124 Å². The van der Waals surface area contributed by atoms with Crippen LogP contribution in [0.4, 0.5) is 17.1 Å². The van der Waals surface area contributed by atoms with Crippen LogP contribution in [0.5, 0.6) is 0 Å². The molecule has 4 nitrogen and oxygen atoms in total. The zero-order valence-corrected chi connectivity index (χ0v) is 37.7. The number of nitrogens with zero attached hydrogens (tertiary/aromatic N) is 2. The van der Waals surface area contributed by atoms with E-state index in [0.717, 1.165) is 77.2 Å². The lowest BCUT2D eigenvalue weighted by Gasteiger charge is -2.44. The monoisotopic (exact) mass is 890 g/mol. The minimum absolute atomic E-state index is 0.605. The Labute approximate surface area is 395 Å². The average Bonchev–Trinajstić information content (AvgIpc) is 4.03. The van der Waals surface area contributed by atoms with Gasteiger partial charge < -0.3 is 13.7 Å². The summed E-state index contributed by atoms with van der Waals surface area (Å²) in [6.45, 7) is 0. The van der Waals surface area contributed by atoms with Crippen LogP contribution in [0.1, 0.15) is 0 Å². The van der Waals surface area contributed by atoms with E-state index in [-0.39, 0.29) is 0 Å². The Kier molecular flexibility index (Phi) is 9.55. The molecule has 68 heavy (non-hydrogen) atoms. The third-order valence-corrected chi connectivity index (χ3v) is 17.1. The second-order valence-electron chi connectivity index (χ2n) is 17.1. The Balaban J connectivity index is 1.10. The molecule has 0 aliphatic rings. The molecule has 0 aliphatic carbocycles. The molecule has 0 aliphatic heterocycles. The molecule has 13 aromatic rings. The number of aromatic nitrogens is 1. The number of rotatable bonds is 9. The van der Waals surface area contributed by atoms with Crippen LogP contribution >= 0.6 is 10.0 Å². The lowest BCUT2D eigenvalue weighted by atomic mass is 10.00. The van der Waals surface area contributed by atoms with Crippen LogP contribution < -0.4 is 4.90 Å². The van der Waals surface area contributed by atoms with Gasteiger partial charge in [-0.3, -0.25) is 0 Å². The summed E-state index contributed by atoms with van der Waals surface area (Å²) in [5, 5.41) is 6.48. The number of hydrogen-bond donors (Lipinski definition) is 0. The Morgan fingerprint density at radius 2 is 0.912 bits per heavy atom. The van der Waals surface area contributed by atoms with E-state index < -0.39 is 10.0 Å². The maximum absolute atomic E-state index is 6.74. The van der Waals surface area contributed by atoms with Crippen LogP contribution in [0.15, 0.2) is 283 Å². The fraction of sp³-hybridized carbons (Fsp3) is 0. The normalized spacial score (nSPS) is 12.1. The Morgan fingerprint density at radius 1 is 0.368 bits per heavy atom. The highest BCUT2D eigenvalue weighted by molar-refractivity contribution is 8.34. The topological polar surface area (TPSA) is 42.4 Å². The Morgan fingerprint density at radius 3 is 1.66 bits per heavy atom. The number of furan rings is 1. The van der Waals surface area contributed by atoms with Gasteiger partial charge in [0.2, 0.25) is 5.89 Å². The molecule has 2 heterocycles. The highest BCUT2D eigenvalue weighted by Gasteiger charge is 2.37. The van der Waals surface area contributed by atoms with Gasteiger partial charge in [-0.2, -0.15) is 0 Å². The molecule has 0 unspecified atom stereocenters. The van der Waals surface area contributed by atoms with Crippen molar-refractivity contribution in [2.45, 2.75) is 19.6 Å². The molecule has 0 amide bonds. The molecule has 0 atom stereocenters. The second kappa shape index (κ2) is 16.4. The second-order valence-corrected chi connectivity index (χ2v) is 20.2. The lowest BCUT2D eigenvalue weighted by molar-refractivity contribution is 0.623. The first-order valence-electron chi connectivity index (χ1n) is 22.9. The van der Waals surface area contributed by atoms with E-state index in [1.807, 2.05) is 42.5 Å². The molecular formula is C63H42N2O2S. The van der Waals surface area contributed by atoms with Crippen LogP contribution in [0.25, 0.3) is 77.2 Å². The van der Waals surface area contributed by atoms with Gasteiger partial charge in [0.05, 0.1) is 5.69 Å². The zero-order valence-electron chi connectivity index (χ0n) is 36.9. The molecule has 0 saturated carbocycles. The third-order valence-electron chi connectivity index (χ3n) is 13.2. The SMILES string of the molecule is c1ccc(-c2ccc(S(c3ccccc3)(c3ccccc3)c3ccccc3N(c3ccc4c(c3)oc3ccccc34)c3ccc4ccc5ccc6nc(-c7ccccc7)oc6c5c4c3)cc2)cc1. The fourth-order valence-corrected chi connectivity index (χ4v) is 14.1. The number of fused-ring (bicyclic) bond motifs is 8. The maximum atomic E-state index is 6.74. The average molecular weight is 891 g/mol. The van der Waals surface area contributed by atoms with Crippen LogP contribution in [-0.4, -0.2) is 4.98 Å². The first kappa shape index (κ1) is 39.7. The molecule has 11 aromatic carbocycles. The first-order chi connectivity index (χ1) is 33.7. The van der Waals surface area contributed by atoms with E-state index in [9.17, 15) is 0 Å². The maximum Gasteiger partial charge on any atom is 0.227 e. The number of hydrogen-bond acceptors (Lipinski definition) is 4. The Bertz CT molecular complexity index is 3920. The minimum Gasteiger partial charge on any atom is -0.456 e. The minimum atomic E-state index is -2.18. The van der Waals surface area contributed by atoms with E-state index in [2.05, 4.69) is 217 Å². The van der Waals surface area contributed by atoms with E-state index in [0.29, 0.717) is 5.89 Å². The smallest absolute Gasteiger partial charge is 0.227 e. The Hall–Kier alpha value is -8.64. The molecule has 0 fully saturated rings. The predicted molar refractivity (Wildman–Crippen MR) is 282 cm³/mol. The van der Waals surface area contributed by atoms with Gasteiger partial charge in [-0.15, -0.1) is 10.0 Å². The first-order valence-corrected chi connectivity index (χ1v) is 24.6. The van der Waals surface area contributed by atoms with Gasteiger partial charge in [0, 0.05) is 58.7 Å². The van der Waals surface area contributed by atoms with Crippen molar-refractivity contribution in [3.8, 4) is 22.6 Å². The highest BCUT2D eigenvalue weighted by Crippen LogP contribution is 2.75. The zero-order chi connectivity index (χ0) is 45.0. The lowest BCUT2D eigenvalue weighted by Crippen LogP contribution is -2.15. The molecule has 0 bridgehead atoms. The fourth-order valence-electron chi connectivity index (χ4n) is 10.1. The summed E-state index contributed by atoms with van der Waals surface area (Å²) in [7, 11) is -2.18. The highest BCUT2D eigenvalue weighted by atomic mass is 32.3. The summed E-state index contributed by atoms with van der Waals surface area (Å²) in [4.78, 5) is 12.4. The summed E-state index contributed by atoms with van der Waals surface area (Å²) in [6, 6.07) is 91.6. The molecule has 0 N–H and O–H groups in total. The van der Waals surface area contributed by atoms with Gasteiger partial charge in [-0.25, -0.2) is 4.98 Å². The van der Waals surface area contributed by atoms with Gasteiger partial charge in [0.15, 0.2) is 5.58 Å². The van der Waals surface area contributed by atoms with Crippen molar-refractivity contribution in [3.63, 3.8) is 0 Å². The molecule has 0 spiro atoms. The van der Waals surface area contributed by atoms with Crippen LogP contribution in [0.2, 0.25) is 0 Å². The van der Waals surface area contributed by atoms with Crippen LogP contribution in [0, 0.1) is 0 Å². The molecular weight excluding hydrogens is 849 g/mol. The standard InChI is InChI=1S/C63H42N2O2S/c1-5-17-43(18-6-1)44-32-37-52(38-33-44)68(50-21-9-3-10-22-50,51-23-11-4-12-24-51)60-28-16-14-26-57(60)65(49-36-39-54-53-25-13-15-27-58(53)66-59(54)42-49)48-35-31-45-29-30-46-34-40-56-62(61(46)55(45)41-48)67-63(64-56)47-19-7-2-8-20-47/h1-42H. The third kappa shape index (κ3) is 6.51. The van der Waals surface area contributed by atoms with Crippen molar-refractivity contribution < 1.29 is 8.83 Å². The summed E-state index contributed by atoms with van der Waals surface area (Å²) >= 11 is 0. The number of benzene rings is 11. The number of para-hydroxylation sites is 2. The van der Waals surface area contributed by atoms with Gasteiger partial charge in [0.1, 0.15) is 16.7 Å². The predicted octanol–water partition coefficient (Wildman–Crippen LogP) is 18.2. The van der Waals surface area contributed by atoms with Gasteiger partial charge in [-0.1, -0.05) is 152 Å². The molecule has 0 radical (unpaired) electrons. The van der Waals surface area contributed by atoms with Crippen molar-refractivity contribution in [2.24, 2.45) is 0 Å². The summed E-state index contributed by atoms with van der Waals surface area (Å²) in [5.41, 5.74) is 9.65. The van der Waals surface area contributed by atoms with Crippen molar-refractivity contribution in [2.75, 3.05) is 4.90 Å². The quantitative estimate of drug-likeness (QED) is 0.135. The van der Waals surface area contributed by atoms with Gasteiger partial charge >= 0.3 is 0 Å². The summed E-state index contributed by atoms with van der Waals surface area (Å²) in [6.07, 6.45) is 0. The molecule has 13 rings (SSSR count). The largest absolute Gasteiger partial charge is 0.456 e.